The molecule has 0 spiro atoms. The van der Waals surface area contributed by atoms with Crippen LogP contribution in [0.2, 0.25) is 0 Å². The zero-order chi connectivity index (χ0) is 29.3. The molecule has 3 rings (SSSR count). The van der Waals surface area contributed by atoms with Crippen molar-refractivity contribution < 1.29 is 33.0 Å². The molecule has 10 nitrogen and oxygen atoms in total. The van der Waals surface area contributed by atoms with Gasteiger partial charge >= 0.3 is 6.09 Å². The van der Waals surface area contributed by atoms with Crippen molar-refractivity contribution in [1.29, 1.82) is 0 Å². The number of carbonyl (C=O) groups is 4. The summed E-state index contributed by atoms with van der Waals surface area (Å²) in [4.78, 5) is 50.5. The van der Waals surface area contributed by atoms with Gasteiger partial charge in [-0.25, -0.2) is 9.18 Å². The molecule has 0 saturated carbocycles. The Morgan fingerprint density at radius 1 is 0.927 bits per heavy atom. The van der Waals surface area contributed by atoms with Gasteiger partial charge in [0.1, 0.15) is 31.1 Å². The Bertz CT molecular complexity index is 1160. The van der Waals surface area contributed by atoms with Gasteiger partial charge in [0.2, 0.25) is 17.7 Å². The van der Waals surface area contributed by atoms with Crippen molar-refractivity contribution in [2.75, 3.05) is 26.3 Å². The minimum Gasteiger partial charge on any atom is -0.445 e. The molecule has 11 heteroatoms. The number of alkyl carbamates (subject to hydrolysis) is 1. The molecule has 2 aromatic carbocycles. The molecule has 0 fully saturated rings. The average Bonchev–Trinajstić information content (AvgIpc) is 2.96. The number of cyclic esters (lactones) is 1. The van der Waals surface area contributed by atoms with Gasteiger partial charge in [0.05, 0.1) is 6.61 Å². The van der Waals surface area contributed by atoms with Gasteiger partial charge in [0.25, 0.3) is 0 Å². The summed E-state index contributed by atoms with van der Waals surface area (Å²) in [5, 5.41) is 11.0. The van der Waals surface area contributed by atoms with Crippen LogP contribution in [0.3, 0.4) is 0 Å². The first-order valence-electron chi connectivity index (χ1n) is 13.7. The van der Waals surface area contributed by atoms with Crippen LogP contribution in [0.15, 0.2) is 66.7 Å². The van der Waals surface area contributed by atoms with Crippen LogP contribution in [0.4, 0.5) is 9.18 Å². The molecule has 4 N–H and O–H groups in total. The molecule has 0 aliphatic carbocycles. The molecule has 2 atom stereocenters. The monoisotopic (exact) mass is 568 g/mol. The Hall–Kier alpha value is -4.25. The predicted molar refractivity (Wildman–Crippen MR) is 150 cm³/mol. The van der Waals surface area contributed by atoms with E-state index in [0.29, 0.717) is 38.8 Å². The van der Waals surface area contributed by atoms with Gasteiger partial charge in [-0.15, -0.1) is 0 Å². The van der Waals surface area contributed by atoms with Crippen LogP contribution in [0.1, 0.15) is 36.8 Å². The largest absolute Gasteiger partial charge is 0.445 e. The van der Waals surface area contributed by atoms with E-state index < -0.39 is 24.1 Å². The highest BCUT2D eigenvalue weighted by molar-refractivity contribution is 5.91. The summed E-state index contributed by atoms with van der Waals surface area (Å²) in [6, 6.07) is 13.4. The minimum absolute atomic E-state index is 0.0417. The Morgan fingerprint density at radius 3 is 2.49 bits per heavy atom. The Balaban J connectivity index is 1.49. The van der Waals surface area contributed by atoms with Crippen molar-refractivity contribution in [2.45, 2.75) is 50.8 Å². The first-order valence-corrected chi connectivity index (χ1v) is 13.7. The summed E-state index contributed by atoms with van der Waals surface area (Å²) >= 11 is 0. The van der Waals surface area contributed by atoms with E-state index in [0.717, 1.165) is 11.1 Å². The van der Waals surface area contributed by atoms with Crippen LogP contribution in [-0.4, -0.2) is 62.2 Å². The minimum atomic E-state index is -0.935. The molecule has 4 amide bonds. The highest BCUT2D eigenvalue weighted by Crippen LogP contribution is 2.08. The van der Waals surface area contributed by atoms with Crippen molar-refractivity contribution in [3.05, 3.63) is 83.7 Å². The smallest absolute Gasteiger partial charge is 0.408 e. The molecule has 1 unspecified atom stereocenters. The quantitative estimate of drug-likeness (QED) is 0.243. The molecular formula is C30H37FN4O6. The molecule has 1 heterocycles. The van der Waals surface area contributed by atoms with Gasteiger partial charge in [0.15, 0.2) is 0 Å². The van der Waals surface area contributed by atoms with Crippen LogP contribution in [-0.2, 0) is 36.9 Å². The van der Waals surface area contributed by atoms with E-state index in [9.17, 15) is 23.6 Å². The molecule has 220 valence electrons. The lowest BCUT2D eigenvalue weighted by Gasteiger charge is -2.23. The maximum atomic E-state index is 13.2. The molecule has 1 aliphatic rings. The number of amides is 4. The van der Waals surface area contributed by atoms with Gasteiger partial charge in [-0.1, -0.05) is 54.6 Å². The van der Waals surface area contributed by atoms with Crippen molar-refractivity contribution >= 4 is 23.8 Å². The number of hydrogen-bond donors (Lipinski definition) is 4. The number of nitrogens with one attached hydrogen (secondary N) is 4. The summed E-state index contributed by atoms with van der Waals surface area (Å²) in [5.41, 5.74) is 1.64. The number of unbranched alkanes of at least 4 members (excludes halogenated alkanes) is 1. The second kappa shape index (κ2) is 17.4. The average molecular weight is 569 g/mol. The predicted octanol–water partition coefficient (Wildman–Crippen LogP) is 2.53. The summed E-state index contributed by atoms with van der Waals surface area (Å²) in [7, 11) is 0. The molecule has 2 aromatic rings. The van der Waals surface area contributed by atoms with Gasteiger partial charge in [-0.05, 0) is 48.9 Å². The third kappa shape index (κ3) is 12.2. The maximum Gasteiger partial charge on any atom is 0.408 e. The molecule has 0 bridgehead atoms. The van der Waals surface area contributed by atoms with E-state index in [1.54, 1.807) is 18.2 Å². The maximum absolute atomic E-state index is 13.2. The lowest BCUT2D eigenvalue weighted by Crippen LogP contribution is -2.54. The van der Waals surface area contributed by atoms with Gasteiger partial charge in [-0.2, -0.15) is 0 Å². The number of halogens is 1. The SMILES string of the molecule is O=C(COCc1ccc(F)cc1)NCCCC[C@@H]1NC(=O)OC/C=C\CCNC(=O)C(Cc2ccccc2)NC1=O. The molecule has 41 heavy (non-hydrogen) atoms. The van der Waals surface area contributed by atoms with Crippen LogP contribution in [0, 0.1) is 5.82 Å². The van der Waals surface area contributed by atoms with Crippen molar-refractivity contribution in [2.24, 2.45) is 0 Å². The zero-order valence-electron chi connectivity index (χ0n) is 22.9. The highest BCUT2D eigenvalue weighted by atomic mass is 19.1. The number of hydrogen-bond acceptors (Lipinski definition) is 6. The van der Waals surface area contributed by atoms with Crippen LogP contribution < -0.4 is 21.3 Å². The molecule has 1 aliphatic heterocycles. The zero-order valence-corrected chi connectivity index (χ0v) is 22.9. The third-order valence-electron chi connectivity index (χ3n) is 6.27. The molecule has 0 radical (unpaired) electrons. The van der Waals surface area contributed by atoms with Gasteiger partial charge in [0, 0.05) is 19.5 Å². The number of ether oxygens (including phenoxy) is 2. The number of carbonyl (C=O) groups excluding carboxylic acids is 4. The Kier molecular flexibility index (Phi) is 13.3. The third-order valence-corrected chi connectivity index (χ3v) is 6.27. The van der Waals surface area contributed by atoms with Gasteiger partial charge < -0.3 is 30.7 Å². The second-order valence-electron chi connectivity index (χ2n) is 9.56. The fraction of sp³-hybridized carbons (Fsp3) is 0.400. The van der Waals surface area contributed by atoms with Crippen molar-refractivity contribution in [3.8, 4) is 0 Å². The van der Waals surface area contributed by atoms with Crippen LogP contribution in [0.25, 0.3) is 0 Å². The fourth-order valence-electron chi connectivity index (χ4n) is 4.09. The first kappa shape index (κ1) is 31.3. The molecule has 0 saturated heterocycles. The molecular weight excluding hydrogens is 531 g/mol. The Morgan fingerprint density at radius 2 is 1.71 bits per heavy atom. The van der Waals surface area contributed by atoms with Crippen molar-refractivity contribution in [3.63, 3.8) is 0 Å². The van der Waals surface area contributed by atoms with E-state index in [4.69, 9.17) is 9.47 Å². The lowest BCUT2D eigenvalue weighted by molar-refractivity contribution is -0.130. The first-order chi connectivity index (χ1) is 19.9. The highest BCUT2D eigenvalue weighted by Gasteiger charge is 2.27. The van der Waals surface area contributed by atoms with Gasteiger partial charge in [-0.3, -0.25) is 14.4 Å². The van der Waals surface area contributed by atoms with Crippen molar-refractivity contribution in [1.82, 2.24) is 21.3 Å². The summed E-state index contributed by atoms with van der Waals surface area (Å²) in [6.45, 7) is 0.816. The fourth-order valence-corrected chi connectivity index (χ4v) is 4.09. The summed E-state index contributed by atoms with van der Waals surface area (Å²) in [5.74, 6) is -1.44. The Labute approximate surface area is 239 Å². The lowest BCUT2D eigenvalue weighted by atomic mass is 10.0. The number of benzene rings is 2. The standard InChI is InChI=1S/C30H37FN4O6/c31-24-14-12-23(13-15-24)20-40-21-27(36)32-16-7-5-11-25-29(38)34-26(19-22-9-3-1-4-10-22)28(37)33-17-6-2-8-18-41-30(39)35-25/h1-4,8-10,12-15,25-26H,5-7,11,16-21H2,(H,32,36)(H,33,37)(H,34,38)(H,35,39)/b8-2-/t25-,26?/m0/s1. The van der Waals surface area contributed by atoms with Crippen LogP contribution >= 0.6 is 0 Å². The number of rotatable bonds is 11. The van der Waals surface area contributed by atoms with Crippen LogP contribution in [0.5, 0.6) is 0 Å². The topological polar surface area (TPSA) is 135 Å². The van der Waals surface area contributed by atoms with E-state index in [1.165, 1.54) is 12.1 Å². The summed E-state index contributed by atoms with van der Waals surface area (Å²) < 4.78 is 23.5. The van der Waals surface area contributed by atoms with E-state index in [-0.39, 0.29) is 43.9 Å². The van der Waals surface area contributed by atoms with E-state index >= 15 is 0 Å². The van der Waals surface area contributed by atoms with E-state index in [1.807, 2.05) is 36.4 Å². The molecule has 0 aromatic heterocycles. The summed E-state index contributed by atoms with van der Waals surface area (Å²) in [6.07, 6.45) is 4.92. The normalized spacial score (nSPS) is 19.1. The second-order valence-corrected chi connectivity index (χ2v) is 9.56. The van der Waals surface area contributed by atoms with E-state index in [2.05, 4.69) is 21.3 Å².